The van der Waals surface area contributed by atoms with Gasteiger partial charge in [-0.2, -0.15) is 5.10 Å². The van der Waals surface area contributed by atoms with E-state index >= 15 is 0 Å². The van der Waals surface area contributed by atoms with Gasteiger partial charge in [-0.25, -0.2) is 0 Å². The molecule has 0 unspecified atom stereocenters. The van der Waals surface area contributed by atoms with Crippen molar-refractivity contribution in [3.05, 3.63) is 54.4 Å². The van der Waals surface area contributed by atoms with Crippen LogP contribution in [0.25, 0.3) is 10.9 Å². The second-order valence-corrected chi connectivity index (χ2v) is 5.74. The maximum absolute atomic E-state index is 11.9. The minimum atomic E-state index is -0.0446. The number of amides is 1. The Bertz CT molecular complexity index is 839. The molecule has 1 aromatic carbocycles. The van der Waals surface area contributed by atoms with Crippen LogP contribution in [0.4, 0.5) is 5.82 Å². The summed E-state index contributed by atoms with van der Waals surface area (Å²) in [6.07, 6.45) is 4.79. The number of ether oxygens (including phenoxy) is 1. The van der Waals surface area contributed by atoms with Gasteiger partial charge in [0.2, 0.25) is 5.91 Å². The number of hydrogen-bond donors (Lipinski definition) is 1. The van der Waals surface area contributed by atoms with E-state index in [-0.39, 0.29) is 5.91 Å². The summed E-state index contributed by atoms with van der Waals surface area (Å²) in [4.78, 5) is 16.4. The summed E-state index contributed by atoms with van der Waals surface area (Å²) in [5, 5.41) is 8.35. The van der Waals surface area contributed by atoms with Gasteiger partial charge in [0.25, 0.3) is 0 Å². The van der Waals surface area contributed by atoms with Gasteiger partial charge in [-0.1, -0.05) is 24.3 Å². The van der Waals surface area contributed by atoms with Gasteiger partial charge in [0.15, 0.2) is 5.82 Å². The van der Waals surface area contributed by atoms with Crippen molar-refractivity contribution < 1.29 is 9.53 Å². The van der Waals surface area contributed by atoms with Crippen molar-refractivity contribution in [3.63, 3.8) is 0 Å². The van der Waals surface area contributed by atoms with E-state index in [2.05, 4.69) is 15.4 Å². The van der Waals surface area contributed by atoms with Crippen LogP contribution >= 0.6 is 0 Å². The van der Waals surface area contributed by atoms with E-state index in [1.807, 2.05) is 43.5 Å². The highest BCUT2D eigenvalue weighted by atomic mass is 16.5. The first kappa shape index (κ1) is 17.1. The molecule has 0 aliphatic carbocycles. The third kappa shape index (κ3) is 4.64. The average Bonchev–Trinajstić information content (AvgIpc) is 3.06. The SMILES string of the molecule is CCOCCCC(=O)Nc1ccn(Cc2cccc3cccnc23)n1. The number of carbonyl (C=O) groups is 1. The Hall–Kier alpha value is -2.73. The lowest BCUT2D eigenvalue weighted by atomic mass is 10.1. The van der Waals surface area contributed by atoms with E-state index in [4.69, 9.17) is 4.74 Å². The maximum Gasteiger partial charge on any atom is 0.225 e. The number of benzene rings is 1. The third-order valence-corrected chi connectivity index (χ3v) is 3.85. The number of hydrogen-bond acceptors (Lipinski definition) is 4. The second kappa shape index (κ2) is 8.39. The van der Waals surface area contributed by atoms with E-state index in [1.54, 1.807) is 16.9 Å². The lowest BCUT2D eigenvalue weighted by Gasteiger charge is -2.06. The third-order valence-electron chi connectivity index (χ3n) is 3.85. The van der Waals surface area contributed by atoms with Crippen LogP contribution in [0.2, 0.25) is 0 Å². The summed E-state index contributed by atoms with van der Waals surface area (Å²) in [5.41, 5.74) is 2.07. The predicted octanol–water partition coefficient (Wildman–Crippen LogP) is 3.23. The van der Waals surface area contributed by atoms with Crippen molar-refractivity contribution in [2.45, 2.75) is 26.3 Å². The van der Waals surface area contributed by atoms with Gasteiger partial charge in [0, 0.05) is 43.5 Å². The van der Waals surface area contributed by atoms with Gasteiger partial charge in [-0.3, -0.25) is 14.5 Å². The molecule has 6 heteroatoms. The predicted molar refractivity (Wildman–Crippen MR) is 97.4 cm³/mol. The number of carbonyl (C=O) groups excluding carboxylic acids is 1. The Balaban J connectivity index is 1.61. The van der Waals surface area contributed by atoms with Gasteiger partial charge in [0.05, 0.1) is 12.1 Å². The van der Waals surface area contributed by atoms with Crippen molar-refractivity contribution in [1.29, 1.82) is 0 Å². The zero-order chi connectivity index (χ0) is 17.5. The molecule has 2 heterocycles. The number of nitrogens with one attached hydrogen (secondary N) is 1. The quantitative estimate of drug-likeness (QED) is 0.640. The van der Waals surface area contributed by atoms with Crippen molar-refractivity contribution in [2.24, 2.45) is 0 Å². The number of pyridine rings is 1. The van der Waals surface area contributed by atoms with Crippen molar-refractivity contribution in [1.82, 2.24) is 14.8 Å². The van der Waals surface area contributed by atoms with Gasteiger partial charge >= 0.3 is 0 Å². The van der Waals surface area contributed by atoms with E-state index in [9.17, 15) is 4.79 Å². The summed E-state index contributed by atoms with van der Waals surface area (Å²) < 4.78 is 7.04. The largest absolute Gasteiger partial charge is 0.382 e. The van der Waals surface area contributed by atoms with Crippen molar-refractivity contribution in [2.75, 3.05) is 18.5 Å². The molecule has 0 radical (unpaired) electrons. The zero-order valence-corrected chi connectivity index (χ0v) is 14.3. The molecule has 130 valence electrons. The van der Waals surface area contributed by atoms with Crippen LogP contribution < -0.4 is 5.32 Å². The van der Waals surface area contributed by atoms with E-state index in [0.29, 0.717) is 38.4 Å². The number of rotatable bonds is 8. The molecule has 1 amide bonds. The Labute approximate surface area is 146 Å². The highest BCUT2D eigenvalue weighted by Crippen LogP contribution is 2.17. The van der Waals surface area contributed by atoms with Crippen LogP contribution in [0.1, 0.15) is 25.3 Å². The lowest BCUT2D eigenvalue weighted by molar-refractivity contribution is -0.116. The van der Waals surface area contributed by atoms with Gasteiger partial charge in [-0.05, 0) is 25.0 Å². The van der Waals surface area contributed by atoms with Crippen LogP contribution in [0.5, 0.6) is 0 Å². The minimum absolute atomic E-state index is 0.0446. The van der Waals surface area contributed by atoms with Crippen molar-refractivity contribution in [3.8, 4) is 0 Å². The second-order valence-electron chi connectivity index (χ2n) is 5.74. The van der Waals surface area contributed by atoms with Crippen LogP contribution in [0.15, 0.2) is 48.8 Å². The number of anilines is 1. The first-order valence-electron chi connectivity index (χ1n) is 8.50. The minimum Gasteiger partial charge on any atom is -0.382 e. The topological polar surface area (TPSA) is 69.0 Å². The summed E-state index contributed by atoms with van der Waals surface area (Å²) in [7, 11) is 0. The number of nitrogens with zero attached hydrogens (tertiary/aromatic N) is 3. The van der Waals surface area contributed by atoms with E-state index < -0.39 is 0 Å². The number of fused-ring (bicyclic) bond motifs is 1. The van der Waals surface area contributed by atoms with Crippen LogP contribution in [0.3, 0.4) is 0 Å². The summed E-state index contributed by atoms with van der Waals surface area (Å²) in [5.74, 6) is 0.520. The lowest BCUT2D eigenvalue weighted by Crippen LogP contribution is -2.13. The average molecular weight is 338 g/mol. The fraction of sp³-hybridized carbons (Fsp3) is 0.316. The maximum atomic E-state index is 11.9. The zero-order valence-electron chi connectivity index (χ0n) is 14.3. The highest BCUT2D eigenvalue weighted by molar-refractivity contribution is 5.89. The molecule has 3 rings (SSSR count). The van der Waals surface area contributed by atoms with Gasteiger partial charge in [-0.15, -0.1) is 0 Å². The normalized spacial score (nSPS) is 10.9. The molecule has 0 fully saturated rings. The molecule has 25 heavy (non-hydrogen) atoms. The molecule has 0 spiro atoms. The van der Waals surface area contributed by atoms with E-state index in [1.165, 1.54) is 0 Å². The molecule has 0 saturated heterocycles. The first-order valence-corrected chi connectivity index (χ1v) is 8.50. The Kier molecular flexibility index (Phi) is 5.74. The van der Waals surface area contributed by atoms with Crippen LogP contribution in [-0.4, -0.2) is 33.9 Å². The Morgan fingerprint density at radius 3 is 3.00 bits per heavy atom. The van der Waals surface area contributed by atoms with Gasteiger partial charge < -0.3 is 10.1 Å². The Morgan fingerprint density at radius 1 is 1.24 bits per heavy atom. The monoisotopic (exact) mass is 338 g/mol. The van der Waals surface area contributed by atoms with E-state index in [0.717, 1.165) is 16.5 Å². The molecule has 0 aliphatic rings. The molecule has 2 aromatic heterocycles. The summed E-state index contributed by atoms with van der Waals surface area (Å²) in [6, 6.07) is 11.9. The smallest absolute Gasteiger partial charge is 0.225 e. The molecule has 0 atom stereocenters. The fourth-order valence-electron chi connectivity index (χ4n) is 2.67. The highest BCUT2D eigenvalue weighted by Gasteiger charge is 2.07. The van der Waals surface area contributed by atoms with Crippen LogP contribution in [-0.2, 0) is 16.1 Å². The molecule has 1 N–H and O–H groups in total. The fourth-order valence-corrected chi connectivity index (χ4v) is 2.67. The number of para-hydroxylation sites is 1. The molecule has 6 nitrogen and oxygen atoms in total. The standard InChI is InChI=1S/C19H22N4O2/c1-2-25-13-5-9-18(24)21-17-10-12-23(22-17)14-16-7-3-6-15-8-4-11-20-19(15)16/h3-4,6-8,10-12H,2,5,9,13-14H2,1H3,(H,21,22,24). The van der Waals surface area contributed by atoms with Gasteiger partial charge in [0.1, 0.15) is 0 Å². The molecular weight excluding hydrogens is 316 g/mol. The number of aromatic nitrogens is 3. The van der Waals surface area contributed by atoms with Crippen LogP contribution in [0, 0.1) is 0 Å². The molecule has 0 bridgehead atoms. The summed E-state index contributed by atoms with van der Waals surface area (Å²) in [6.45, 7) is 3.83. The van der Waals surface area contributed by atoms with Crippen molar-refractivity contribution >= 4 is 22.6 Å². The Morgan fingerprint density at radius 2 is 2.12 bits per heavy atom. The summed E-state index contributed by atoms with van der Waals surface area (Å²) >= 11 is 0. The molecule has 3 aromatic rings. The molecular formula is C19H22N4O2. The first-order chi connectivity index (χ1) is 12.3. The molecule has 0 aliphatic heterocycles. The molecule has 0 saturated carbocycles.